The minimum atomic E-state index is -4.59. The van der Waals surface area contributed by atoms with Crippen LogP contribution in [0, 0.1) is 0 Å². The number of rotatable bonds is 37. The largest absolute Gasteiger partial charge is 0.756 e. The third-order valence-electron chi connectivity index (χ3n) is 8.97. The Labute approximate surface area is 320 Å². The van der Waals surface area contributed by atoms with Crippen LogP contribution in [0.15, 0.2) is 48.6 Å². The minimum absolute atomic E-state index is 0.0106. The number of aliphatic hydroxyl groups is 1. The van der Waals surface area contributed by atoms with Crippen LogP contribution in [0.3, 0.4) is 0 Å². The monoisotopic (exact) mass is 753 g/mol. The van der Waals surface area contributed by atoms with Crippen LogP contribution >= 0.6 is 7.82 Å². The van der Waals surface area contributed by atoms with Gasteiger partial charge in [-0.3, -0.25) is 9.36 Å². The van der Waals surface area contributed by atoms with Gasteiger partial charge in [-0.15, -0.1) is 0 Å². The Balaban J connectivity index is 4.42. The van der Waals surface area contributed by atoms with Gasteiger partial charge in [0.1, 0.15) is 13.2 Å². The Morgan fingerprint density at radius 3 is 1.63 bits per heavy atom. The number of phosphoric acid groups is 1. The van der Waals surface area contributed by atoms with Crippen molar-refractivity contribution in [3.05, 3.63) is 48.6 Å². The normalized spacial score (nSPS) is 15.0. The van der Waals surface area contributed by atoms with E-state index in [1.807, 2.05) is 27.2 Å². The van der Waals surface area contributed by atoms with Crippen molar-refractivity contribution in [1.82, 2.24) is 5.32 Å². The highest BCUT2D eigenvalue weighted by atomic mass is 31.2. The maximum absolute atomic E-state index is 12.8. The molecule has 0 rings (SSSR count). The highest BCUT2D eigenvalue weighted by Crippen LogP contribution is 2.38. The minimum Gasteiger partial charge on any atom is -0.756 e. The first-order valence-electron chi connectivity index (χ1n) is 21.0. The van der Waals surface area contributed by atoms with Gasteiger partial charge in [0.05, 0.1) is 39.9 Å². The third-order valence-corrected chi connectivity index (χ3v) is 9.93. The van der Waals surface area contributed by atoms with Gasteiger partial charge in [-0.05, 0) is 64.2 Å². The average molecular weight is 753 g/mol. The number of likely N-dealkylation sites (N-methyl/N-ethyl adjacent to an activating group) is 1. The molecule has 0 radical (unpaired) electrons. The topological polar surface area (TPSA) is 108 Å². The van der Waals surface area contributed by atoms with Gasteiger partial charge in [0, 0.05) is 6.42 Å². The van der Waals surface area contributed by atoms with Gasteiger partial charge in [0.25, 0.3) is 7.82 Å². The molecule has 0 bridgehead atoms. The SMILES string of the molecule is CCC/C=C/CC/C=C/CC/C=C/C(O)C(COP(=O)([O-])OCC[N+](C)(C)C)NC(=O)CCCCCCCCCCC/C=C\CCCCCCCC. The fourth-order valence-electron chi connectivity index (χ4n) is 5.60. The second-order valence-electron chi connectivity index (χ2n) is 15.3. The van der Waals surface area contributed by atoms with E-state index < -0.39 is 26.6 Å². The molecule has 0 spiro atoms. The Morgan fingerprint density at radius 1 is 0.654 bits per heavy atom. The molecule has 0 aliphatic heterocycles. The van der Waals surface area contributed by atoms with Gasteiger partial charge in [-0.25, -0.2) is 0 Å². The molecule has 3 unspecified atom stereocenters. The van der Waals surface area contributed by atoms with Crippen molar-refractivity contribution in [3.8, 4) is 0 Å². The van der Waals surface area contributed by atoms with E-state index in [0.29, 0.717) is 17.4 Å². The number of aliphatic hydroxyl groups excluding tert-OH is 1. The second kappa shape index (κ2) is 35.2. The molecule has 9 heteroatoms. The fourth-order valence-corrected chi connectivity index (χ4v) is 6.32. The maximum atomic E-state index is 12.8. The highest BCUT2D eigenvalue weighted by Gasteiger charge is 2.23. The van der Waals surface area contributed by atoms with Crippen molar-refractivity contribution >= 4 is 13.7 Å². The van der Waals surface area contributed by atoms with Crippen LogP contribution in [0.25, 0.3) is 0 Å². The van der Waals surface area contributed by atoms with Crippen LogP contribution in [0.4, 0.5) is 0 Å². The number of quaternary nitrogens is 1. The van der Waals surface area contributed by atoms with Crippen molar-refractivity contribution in [2.45, 2.75) is 180 Å². The number of nitrogens with one attached hydrogen (secondary N) is 1. The lowest BCUT2D eigenvalue weighted by Crippen LogP contribution is -2.45. The van der Waals surface area contributed by atoms with Gasteiger partial charge in [0.2, 0.25) is 5.91 Å². The molecular weight excluding hydrogens is 671 g/mol. The standard InChI is InChI=1S/C43H81N2O6P/c1-6-8-10-12-14-16-18-19-20-21-22-23-24-25-27-29-31-33-35-37-43(47)44-41(40-51-52(48,49)50-39-38-45(3,4)5)42(46)36-34-32-30-28-26-17-15-13-11-9-7-2/h11,13,19-20,26,28,34,36,41-42,46H,6-10,12,14-18,21-25,27,29-33,35,37-40H2,1-5H3,(H-,44,47,48,49)/b13-11+,20-19-,28-26+,36-34+. The predicted molar refractivity (Wildman–Crippen MR) is 219 cm³/mol. The van der Waals surface area contributed by atoms with Gasteiger partial charge >= 0.3 is 0 Å². The first-order valence-corrected chi connectivity index (χ1v) is 22.5. The maximum Gasteiger partial charge on any atom is 0.268 e. The summed E-state index contributed by atoms with van der Waals surface area (Å²) in [6, 6.07) is -0.908. The number of hydrogen-bond acceptors (Lipinski definition) is 6. The predicted octanol–water partition coefficient (Wildman–Crippen LogP) is 10.7. The molecule has 0 aliphatic carbocycles. The molecule has 1 amide bonds. The summed E-state index contributed by atoms with van der Waals surface area (Å²) in [6.07, 6.45) is 43.1. The molecule has 0 saturated carbocycles. The van der Waals surface area contributed by atoms with Crippen molar-refractivity contribution in [1.29, 1.82) is 0 Å². The average Bonchev–Trinajstić information content (AvgIpc) is 3.09. The van der Waals surface area contributed by atoms with E-state index in [1.54, 1.807) is 6.08 Å². The molecular formula is C43H81N2O6P. The van der Waals surface area contributed by atoms with Crippen LogP contribution < -0.4 is 10.2 Å². The first-order chi connectivity index (χ1) is 25.0. The zero-order chi connectivity index (χ0) is 38.6. The molecule has 0 aromatic carbocycles. The smallest absolute Gasteiger partial charge is 0.268 e. The van der Waals surface area contributed by atoms with E-state index in [4.69, 9.17) is 9.05 Å². The fraction of sp³-hybridized carbons (Fsp3) is 0.791. The summed E-state index contributed by atoms with van der Waals surface area (Å²) in [5.41, 5.74) is 0. The Kier molecular flexibility index (Phi) is 34.1. The summed E-state index contributed by atoms with van der Waals surface area (Å²) in [4.78, 5) is 25.2. The summed E-state index contributed by atoms with van der Waals surface area (Å²) in [5, 5.41) is 13.7. The summed E-state index contributed by atoms with van der Waals surface area (Å²) in [6.45, 7) is 4.52. The molecule has 0 fully saturated rings. The summed E-state index contributed by atoms with van der Waals surface area (Å²) >= 11 is 0. The molecule has 52 heavy (non-hydrogen) atoms. The third kappa shape index (κ3) is 36.8. The van der Waals surface area contributed by atoms with Crippen LogP contribution in [0.1, 0.15) is 168 Å². The zero-order valence-corrected chi connectivity index (χ0v) is 35.1. The number of amides is 1. The molecule has 8 nitrogen and oxygen atoms in total. The Morgan fingerprint density at radius 2 is 1.12 bits per heavy atom. The number of hydrogen-bond donors (Lipinski definition) is 2. The summed E-state index contributed by atoms with van der Waals surface area (Å²) < 4.78 is 23.1. The first kappa shape index (κ1) is 50.5. The molecule has 0 aliphatic rings. The summed E-state index contributed by atoms with van der Waals surface area (Å²) in [5.74, 6) is -0.218. The molecule has 3 atom stereocenters. The van der Waals surface area contributed by atoms with Crippen LogP contribution in [-0.2, 0) is 18.4 Å². The summed E-state index contributed by atoms with van der Waals surface area (Å²) in [7, 11) is 1.23. The van der Waals surface area contributed by atoms with E-state index in [-0.39, 0.29) is 12.5 Å². The van der Waals surface area contributed by atoms with Crippen molar-refractivity contribution in [2.75, 3.05) is 40.9 Å². The number of allylic oxidation sites excluding steroid dienone is 7. The van der Waals surface area contributed by atoms with Crippen LogP contribution in [-0.4, -0.2) is 68.5 Å². The molecule has 0 heterocycles. The van der Waals surface area contributed by atoms with Gasteiger partial charge in [-0.1, -0.05) is 146 Å². The van der Waals surface area contributed by atoms with Crippen molar-refractivity contribution in [2.24, 2.45) is 0 Å². The van der Waals surface area contributed by atoms with Gasteiger partial charge < -0.3 is 28.8 Å². The lowest BCUT2D eigenvalue weighted by atomic mass is 10.0. The molecule has 0 aromatic heterocycles. The Bertz CT molecular complexity index is 991. The number of carbonyl (C=O) groups is 1. The van der Waals surface area contributed by atoms with E-state index in [0.717, 1.165) is 51.4 Å². The number of phosphoric ester groups is 1. The lowest BCUT2D eigenvalue weighted by molar-refractivity contribution is -0.870. The second-order valence-corrected chi connectivity index (χ2v) is 16.7. The van der Waals surface area contributed by atoms with E-state index in [1.165, 1.54) is 96.3 Å². The van der Waals surface area contributed by atoms with Crippen molar-refractivity contribution in [3.63, 3.8) is 0 Å². The quantitative estimate of drug-likeness (QED) is 0.0283. The number of carbonyl (C=O) groups excluding carboxylic acids is 1. The van der Waals surface area contributed by atoms with E-state index in [9.17, 15) is 19.4 Å². The van der Waals surface area contributed by atoms with E-state index >= 15 is 0 Å². The Hall–Kier alpha value is -1.54. The number of nitrogens with zero attached hydrogens (tertiary/aromatic N) is 1. The van der Waals surface area contributed by atoms with E-state index in [2.05, 4.69) is 55.6 Å². The van der Waals surface area contributed by atoms with Crippen LogP contribution in [0.2, 0.25) is 0 Å². The molecule has 0 saturated heterocycles. The number of unbranched alkanes of at least 4 members (excludes halogenated alkanes) is 18. The van der Waals surface area contributed by atoms with Gasteiger partial charge in [-0.2, -0.15) is 0 Å². The molecule has 0 aromatic rings. The van der Waals surface area contributed by atoms with Gasteiger partial charge in [0.15, 0.2) is 0 Å². The molecule has 2 N–H and O–H groups in total. The van der Waals surface area contributed by atoms with Crippen LogP contribution in [0.5, 0.6) is 0 Å². The molecule has 304 valence electrons. The lowest BCUT2D eigenvalue weighted by Gasteiger charge is -2.29. The zero-order valence-electron chi connectivity index (χ0n) is 34.2. The highest BCUT2D eigenvalue weighted by molar-refractivity contribution is 7.45. The van der Waals surface area contributed by atoms with Crippen molar-refractivity contribution < 1.29 is 32.9 Å².